The van der Waals surface area contributed by atoms with Gasteiger partial charge in [-0.3, -0.25) is 0 Å². The Bertz CT molecular complexity index is 364. The number of ether oxygens (including phenoxy) is 1. The predicted molar refractivity (Wildman–Crippen MR) is 69.9 cm³/mol. The van der Waals surface area contributed by atoms with E-state index in [0.29, 0.717) is 23.8 Å². The van der Waals surface area contributed by atoms with Gasteiger partial charge in [0, 0.05) is 5.69 Å². The molecule has 0 aliphatic carbocycles. The molecule has 3 heteroatoms. The Morgan fingerprint density at radius 1 is 1.35 bits per heavy atom. The molecule has 0 aromatic heterocycles. The minimum Gasteiger partial charge on any atom is -0.462 e. The van der Waals surface area contributed by atoms with Crippen molar-refractivity contribution in [1.82, 2.24) is 0 Å². The summed E-state index contributed by atoms with van der Waals surface area (Å²) in [5, 5.41) is 0. The van der Waals surface area contributed by atoms with Gasteiger partial charge in [0.25, 0.3) is 0 Å². The fourth-order valence-electron chi connectivity index (χ4n) is 1.76. The van der Waals surface area contributed by atoms with Crippen molar-refractivity contribution in [2.45, 2.75) is 33.6 Å². The molecule has 0 heterocycles. The lowest BCUT2D eigenvalue weighted by molar-refractivity contribution is 0.0433. The van der Waals surface area contributed by atoms with Crippen molar-refractivity contribution in [2.24, 2.45) is 5.92 Å². The first-order valence-corrected chi connectivity index (χ1v) is 6.12. The molecule has 1 aromatic rings. The van der Waals surface area contributed by atoms with E-state index in [1.54, 1.807) is 6.07 Å². The van der Waals surface area contributed by atoms with Crippen LogP contribution in [0.5, 0.6) is 0 Å². The zero-order valence-electron chi connectivity index (χ0n) is 10.8. The van der Waals surface area contributed by atoms with Gasteiger partial charge in [-0.25, -0.2) is 4.79 Å². The van der Waals surface area contributed by atoms with Crippen molar-refractivity contribution in [3.8, 4) is 0 Å². The molecule has 0 saturated carbocycles. The zero-order valence-corrected chi connectivity index (χ0v) is 10.8. The normalized spacial score (nSPS) is 10.6. The van der Waals surface area contributed by atoms with Crippen molar-refractivity contribution in [2.75, 3.05) is 12.3 Å². The topological polar surface area (TPSA) is 52.3 Å². The quantitative estimate of drug-likeness (QED) is 0.630. The molecule has 94 valence electrons. The van der Waals surface area contributed by atoms with E-state index in [1.807, 2.05) is 19.1 Å². The number of hydrogen-bond acceptors (Lipinski definition) is 3. The summed E-state index contributed by atoms with van der Waals surface area (Å²) in [6, 6.07) is 5.42. The highest BCUT2D eigenvalue weighted by molar-refractivity contribution is 5.96. The summed E-state index contributed by atoms with van der Waals surface area (Å²) < 4.78 is 5.31. The lowest BCUT2D eigenvalue weighted by atomic mass is 10.0. The number of nitrogen functional groups attached to an aromatic ring is 1. The van der Waals surface area contributed by atoms with E-state index >= 15 is 0 Å². The SMILES string of the molecule is CCC(CC)COC(=O)c1c(C)cccc1N. The largest absolute Gasteiger partial charge is 0.462 e. The van der Waals surface area contributed by atoms with Gasteiger partial charge in [0.15, 0.2) is 0 Å². The van der Waals surface area contributed by atoms with Crippen LogP contribution in [-0.4, -0.2) is 12.6 Å². The van der Waals surface area contributed by atoms with Crippen molar-refractivity contribution in [3.05, 3.63) is 29.3 Å². The maximum atomic E-state index is 11.9. The number of rotatable bonds is 5. The molecule has 0 radical (unpaired) electrons. The van der Waals surface area contributed by atoms with Gasteiger partial charge >= 0.3 is 5.97 Å². The van der Waals surface area contributed by atoms with Gasteiger partial charge < -0.3 is 10.5 Å². The number of benzene rings is 1. The zero-order chi connectivity index (χ0) is 12.8. The molecule has 0 aliphatic rings. The third-order valence-electron chi connectivity index (χ3n) is 3.11. The summed E-state index contributed by atoms with van der Waals surface area (Å²) in [6.07, 6.45) is 2.04. The second-order valence-corrected chi connectivity index (χ2v) is 4.32. The molecule has 0 amide bonds. The molecule has 0 fully saturated rings. The van der Waals surface area contributed by atoms with Gasteiger partial charge in [0.1, 0.15) is 0 Å². The molecular formula is C14H21NO2. The van der Waals surface area contributed by atoms with Gasteiger partial charge in [-0.1, -0.05) is 38.8 Å². The highest BCUT2D eigenvalue weighted by atomic mass is 16.5. The lowest BCUT2D eigenvalue weighted by Crippen LogP contribution is -2.15. The summed E-state index contributed by atoms with van der Waals surface area (Å²) in [4.78, 5) is 11.9. The van der Waals surface area contributed by atoms with Crippen molar-refractivity contribution in [3.63, 3.8) is 0 Å². The van der Waals surface area contributed by atoms with Crippen LogP contribution in [0.15, 0.2) is 18.2 Å². The van der Waals surface area contributed by atoms with Gasteiger partial charge in [-0.05, 0) is 24.5 Å². The standard InChI is InChI=1S/C14H21NO2/c1-4-11(5-2)9-17-14(16)13-10(3)7-6-8-12(13)15/h6-8,11H,4-5,9,15H2,1-3H3. The van der Waals surface area contributed by atoms with Crippen LogP contribution in [0.4, 0.5) is 5.69 Å². The van der Waals surface area contributed by atoms with Crippen molar-refractivity contribution >= 4 is 11.7 Å². The molecule has 3 nitrogen and oxygen atoms in total. The first-order valence-electron chi connectivity index (χ1n) is 6.12. The number of aryl methyl sites for hydroxylation is 1. The highest BCUT2D eigenvalue weighted by Gasteiger charge is 2.15. The number of esters is 1. The van der Waals surface area contributed by atoms with Gasteiger partial charge in [-0.15, -0.1) is 0 Å². The third-order valence-corrected chi connectivity index (χ3v) is 3.11. The van der Waals surface area contributed by atoms with Crippen LogP contribution in [-0.2, 0) is 4.74 Å². The lowest BCUT2D eigenvalue weighted by Gasteiger charge is -2.14. The number of carbonyl (C=O) groups is 1. The van der Waals surface area contributed by atoms with Crippen LogP contribution < -0.4 is 5.73 Å². The molecule has 1 aromatic carbocycles. The van der Waals surface area contributed by atoms with Crippen LogP contribution in [0.1, 0.15) is 42.6 Å². The first kappa shape index (κ1) is 13.6. The van der Waals surface area contributed by atoms with Crippen LogP contribution >= 0.6 is 0 Å². The molecule has 0 atom stereocenters. The highest BCUT2D eigenvalue weighted by Crippen LogP contribution is 2.18. The Labute approximate surface area is 103 Å². The summed E-state index contributed by atoms with van der Waals surface area (Å²) in [5.74, 6) is 0.122. The van der Waals surface area contributed by atoms with Crippen molar-refractivity contribution in [1.29, 1.82) is 0 Å². The average Bonchev–Trinajstić information content (AvgIpc) is 2.30. The van der Waals surface area contributed by atoms with Crippen LogP contribution in [0.25, 0.3) is 0 Å². The Hall–Kier alpha value is -1.51. The van der Waals surface area contributed by atoms with Gasteiger partial charge in [-0.2, -0.15) is 0 Å². The van der Waals surface area contributed by atoms with E-state index in [4.69, 9.17) is 10.5 Å². The average molecular weight is 235 g/mol. The van der Waals surface area contributed by atoms with Crippen molar-refractivity contribution < 1.29 is 9.53 Å². The summed E-state index contributed by atoms with van der Waals surface area (Å²) in [5.41, 5.74) is 7.64. The summed E-state index contributed by atoms with van der Waals surface area (Å²) in [7, 11) is 0. The minimum atomic E-state index is -0.312. The molecule has 0 bridgehead atoms. The fraction of sp³-hybridized carbons (Fsp3) is 0.500. The third kappa shape index (κ3) is 3.48. The van der Waals surface area contributed by atoms with E-state index in [9.17, 15) is 4.79 Å². The predicted octanol–water partition coefficient (Wildman–Crippen LogP) is 3.17. The first-order chi connectivity index (χ1) is 8.10. The van der Waals surface area contributed by atoms with Crippen LogP contribution in [0.2, 0.25) is 0 Å². The maximum Gasteiger partial charge on any atom is 0.340 e. The Morgan fingerprint density at radius 3 is 2.53 bits per heavy atom. The van der Waals surface area contributed by atoms with E-state index in [-0.39, 0.29) is 5.97 Å². The second-order valence-electron chi connectivity index (χ2n) is 4.32. The van der Waals surface area contributed by atoms with E-state index in [1.165, 1.54) is 0 Å². The minimum absolute atomic E-state index is 0.312. The Morgan fingerprint density at radius 2 is 2.00 bits per heavy atom. The van der Waals surface area contributed by atoms with E-state index in [2.05, 4.69) is 13.8 Å². The number of hydrogen-bond donors (Lipinski definition) is 1. The monoisotopic (exact) mass is 235 g/mol. The number of nitrogens with two attached hydrogens (primary N) is 1. The van der Waals surface area contributed by atoms with Crippen LogP contribution in [0, 0.1) is 12.8 Å². The van der Waals surface area contributed by atoms with E-state index < -0.39 is 0 Å². The molecule has 0 aliphatic heterocycles. The molecule has 2 N–H and O–H groups in total. The van der Waals surface area contributed by atoms with E-state index in [0.717, 1.165) is 18.4 Å². The molecule has 0 spiro atoms. The molecule has 1 rings (SSSR count). The fourth-order valence-corrected chi connectivity index (χ4v) is 1.76. The summed E-state index contributed by atoms with van der Waals surface area (Å²) in [6.45, 7) is 6.54. The Balaban J connectivity index is 2.70. The molecular weight excluding hydrogens is 214 g/mol. The second kappa shape index (κ2) is 6.28. The molecule has 0 saturated heterocycles. The summed E-state index contributed by atoms with van der Waals surface area (Å²) >= 11 is 0. The van der Waals surface area contributed by atoms with Gasteiger partial charge in [0.05, 0.1) is 12.2 Å². The number of anilines is 1. The van der Waals surface area contributed by atoms with Crippen LogP contribution in [0.3, 0.4) is 0 Å². The molecule has 0 unspecified atom stereocenters. The number of carbonyl (C=O) groups excluding carboxylic acids is 1. The Kier molecular flexibility index (Phi) is 5.01. The maximum absolute atomic E-state index is 11.9. The molecule has 17 heavy (non-hydrogen) atoms. The van der Waals surface area contributed by atoms with Gasteiger partial charge in [0.2, 0.25) is 0 Å². The smallest absolute Gasteiger partial charge is 0.340 e.